The Hall–Kier alpha value is -4.16. The summed E-state index contributed by atoms with van der Waals surface area (Å²) < 4.78 is 2.26. The van der Waals surface area contributed by atoms with Gasteiger partial charge in [-0.2, -0.15) is 0 Å². The van der Waals surface area contributed by atoms with Crippen LogP contribution >= 0.6 is 11.3 Å². The lowest BCUT2D eigenvalue weighted by molar-refractivity contribution is -0.113. The molecule has 3 aromatic carbocycles. The van der Waals surface area contributed by atoms with Crippen LogP contribution in [0.15, 0.2) is 89.9 Å². The van der Waals surface area contributed by atoms with Crippen molar-refractivity contribution in [3.8, 4) is 0 Å². The van der Waals surface area contributed by atoms with Crippen molar-refractivity contribution in [2.75, 3.05) is 5.32 Å². The maximum Gasteiger partial charge on any atom is 0.272 e. The lowest BCUT2D eigenvalue weighted by Crippen LogP contribution is -2.30. The van der Waals surface area contributed by atoms with E-state index < -0.39 is 0 Å². The summed E-state index contributed by atoms with van der Waals surface area (Å²) in [4.78, 5) is 27.1. The Bertz CT molecular complexity index is 1580. The molecule has 5 aromatic rings. The molecule has 0 spiro atoms. The van der Waals surface area contributed by atoms with Crippen LogP contribution in [0, 0.1) is 6.92 Å². The third-order valence-corrected chi connectivity index (χ3v) is 6.77. The predicted octanol–water partition coefficient (Wildman–Crippen LogP) is 6.59. The number of para-hydroxylation sites is 1. The van der Waals surface area contributed by atoms with Gasteiger partial charge in [0.25, 0.3) is 11.8 Å². The van der Waals surface area contributed by atoms with E-state index in [9.17, 15) is 9.59 Å². The number of aromatic nitrogens is 1. The van der Waals surface area contributed by atoms with E-state index in [1.807, 2.05) is 66.9 Å². The number of amides is 2. The average molecular weight is 480 g/mol. The zero-order valence-electron chi connectivity index (χ0n) is 19.5. The number of fused-ring (bicyclic) bond motifs is 3. The van der Waals surface area contributed by atoms with Crippen molar-refractivity contribution in [1.82, 2.24) is 9.88 Å². The summed E-state index contributed by atoms with van der Waals surface area (Å²) in [5.74, 6) is -0.703. The standard InChI is InChI=1S/C29H25N3O2S/c1-3-32-26-12-5-4-11-23(26)24-17-21(13-14-27(24)32)30-29(34)25(18-22-10-7-15-35-22)31-28(33)20-9-6-8-19(2)16-20/h4-18H,3H2,1-2H3,(H,30,34)(H,31,33)/b25-18-. The lowest BCUT2D eigenvalue weighted by atomic mass is 10.1. The van der Waals surface area contributed by atoms with Gasteiger partial charge in [0.05, 0.1) is 0 Å². The highest BCUT2D eigenvalue weighted by Gasteiger charge is 2.17. The number of hydrogen-bond donors (Lipinski definition) is 2. The number of nitrogens with zero attached hydrogens (tertiary/aromatic N) is 1. The summed E-state index contributed by atoms with van der Waals surface area (Å²) in [5, 5.41) is 9.94. The lowest BCUT2D eigenvalue weighted by Gasteiger charge is -2.12. The summed E-state index contributed by atoms with van der Waals surface area (Å²) in [6.07, 6.45) is 1.70. The highest BCUT2D eigenvalue weighted by molar-refractivity contribution is 7.10. The predicted molar refractivity (Wildman–Crippen MR) is 145 cm³/mol. The fraction of sp³-hybridized carbons (Fsp3) is 0.103. The van der Waals surface area contributed by atoms with Crippen LogP contribution in [-0.4, -0.2) is 16.4 Å². The Morgan fingerprint density at radius 1 is 0.914 bits per heavy atom. The van der Waals surface area contributed by atoms with Crippen LogP contribution in [0.25, 0.3) is 27.9 Å². The first-order valence-electron chi connectivity index (χ1n) is 11.5. The van der Waals surface area contributed by atoms with E-state index in [-0.39, 0.29) is 17.5 Å². The zero-order valence-corrected chi connectivity index (χ0v) is 20.4. The molecule has 2 N–H and O–H groups in total. The van der Waals surface area contributed by atoms with Gasteiger partial charge < -0.3 is 15.2 Å². The molecule has 0 unspecified atom stereocenters. The van der Waals surface area contributed by atoms with Gasteiger partial charge in [-0.15, -0.1) is 11.3 Å². The van der Waals surface area contributed by atoms with E-state index in [0.29, 0.717) is 11.3 Å². The molecule has 5 rings (SSSR count). The van der Waals surface area contributed by atoms with Gasteiger partial charge in [0.2, 0.25) is 0 Å². The molecule has 0 saturated carbocycles. The molecule has 0 saturated heterocycles. The molecule has 2 amide bonds. The first kappa shape index (κ1) is 22.6. The Morgan fingerprint density at radius 3 is 2.51 bits per heavy atom. The molecule has 2 heterocycles. The normalized spacial score (nSPS) is 11.7. The molecule has 0 aliphatic rings. The number of aryl methyl sites for hydroxylation is 2. The largest absolute Gasteiger partial charge is 0.341 e. The zero-order chi connectivity index (χ0) is 24.4. The van der Waals surface area contributed by atoms with Crippen molar-refractivity contribution < 1.29 is 9.59 Å². The second-order valence-electron chi connectivity index (χ2n) is 8.34. The minimum atomic E-state index is -0.377. The Labute approximate surface area is 207 Å². The summed E-state index contributed by atoms with van der Waals surface area (Å²) in [6.45, 7) is 4.91. The van der Waals surface area contributed by atoms with Crippen LogP contribution in [0.3, 0.4) is 0 Å². The number of rotatable bonds is 6. The number of nitrogens with one attached hydrogen (secondary N) is 2. The van der Waals surface area contributed by atoms with Crippen molar-refractivity contribution in [2.45, 2.75) is 20.4 Å². The van der Waals surface area contributed by atoms with E-state index in [1.54, 1.807) is 18.2 Å². The molecule has 5 nitrogen and oxygen atoms in total. The van der Waals surface area contributed by atoms with Crippen LogP contribution in [-0.2, 0) is 11.3 Å². The van der Waals surface area contributed by atoms with Crippen LogP contribution < -0.4 is 10.6 Å². The Balaban J connectivity index is 1.47. The smallest absolute Gasteiger partial charge is 0.272 e. The van der Waals surface area contributed by atoms with Crippen molar-refractivity contribution in [3.05, 3.63) is 106 Å². The molecule has 35 heavy (non-hydrogen) atoms. The molecule has 0 radical (unpaired) electrons. The summed E-state index contributed by atoms with van der Waals surface area (Å²) >= 11 is 1.50. The van der Waals surface area contributed by atoms with Gasteiger partial charge in [0.1, 0.15) is 5.70 Å². The van der Waals surface area contributed by atoms with Gasteiger partial charge in [0, 0.05) is 44.5 Å². The second-order valence-corrected chi connectivity index (χ2v) is 9.32. The van der Waals surface area contributed by atoms with E-state index in [0.717, 1.165) is 38.8 Å². The third-order valence-electron chi connectivity index (χ3n) is 5.95. The molecule has 0 aliphatic carbocycles. The van der Waals surface area contributed by atoms with Crippen molar-refractivity contribution >= 4 is 56.7 Å². The number of hydrogen-bond acceptors (Lipinski definition) is 3. The molecule has 0 fully saturated rings. The van der Waals surface area contributed by atoms with Crippen LogP contribution in [0.1, 0.15) is 27.7 Å². The highest BCUT2D eigenvalue weighted by atomic mass is 32.1. The summed E-state index contributed by atoms with van der Waals surface area (Å²) in [6, 6.07) is 25.3. The van der Waals surface area contributed by atoms with Crippen LogP contribution in [0.4, 0.5) is 5.69 Å². The monoisotopic (exact) mass is 479 g/mol. The van der Waals surface area contributed by atoms with Crippen molar-refractivity contribution in [1.29, 1.82) is 0 Å². The molecular weight excluding hydrogens is 454 g/mol. The fourth-order valence-electron chi connectivity index (χ4n) is 4.33. The number of carbonyl (C=O) groups is 2. The topological polar surface area (TPSA) is 63.1 Å². The van der Waals surface area contributed by atoms with Gasteiger partial charge in [-0.05, 0) is 67.8 Å². The number of thiophene rings is 1. The SMILES string of the molecule is CCn1c2ccccc2c2cc(NC(=O)/C(=C/c3cccs3)NC(=O)c3cccc(C)c3)ccc21. The van der Waals surface area contributed by atoms with E-state index in [2.05, 4.69) is 34.3 Å². The number of anilines is 1. The van der Waals surface area contributed by atoms with Crippen LogP contribution in [0.5, 0.6) is 0 Å². The quantitative estimate of drug-likeness (QED) is 0.270. The average Bonchev–Trinajstić information content (AvgIpc) is 3.49. The van der Waals surface area contributed by atoms with Gasteiger partial charge in [-0.25, -0.2) is 0 Å². The molecule has 0 atom stereocenters. The van der Waals surface area contributed by atoms with Crippen LogP contribution in [0.2, 0.25) is 0 Å². The number of carbonyl (C=O) groups excluding carboxylic acids is 2. The summed E-state index contributed by atoms with van der Waals surface area (Å²) in [7, 11) is 0. The molecule has 0 aliphatic heterocycles. The molecule has 0 bridgehead atoms. The first-order chi connectivity index (χ1) is 17.0. The van der Waals surface area contributed by atoms with Gasteiger partial charge >= 0.3 is 0 Å². The van der Waals surface area contributed by atoms with E-state index in [1.165, 1.54) is 11.3 Å². The highest BCUT2D eigenvalue weighted by Crippen LogP contribution is 2.31. The Morgan fingerprint density at radius 2 is 1.74 bits per heavy atom. The first-order valence-corrected chi connectivity index (χ1v) is 12.4. The van der Waals surface area contributed by atoms with E-state index in [4.69, 9.17) is 0 Å². The maximum absolute atomic E-state index is 13.3. The van der Waals surface area contributed by atoms with E-state index >= 15 is 0 Å². The molecule has 174 valence electrons. The molecule has 2 aromatic heterocycles. The summed E-state index contributed by atoms with van der Waals surface area (Å²) in [5.41, 5.74) is 4.62. The van der Waals surface area contributed by atoms with Crippen molar-refractivity contribution in [3.63, 3.8) is 0 Å². The second kappa shape index (κ2) is 9.60. The van der Waals surface area contributed by atoms with Gasteiger partial charge in [-0.3, -0.25) is 9.59 Å². The fourth-order valence-corrected chi connectivity index (χ4v) is 4.98. The maximum atomic E-state index is 13.3. The van der Waals surface area contributed by atoms with Gasteiger partial charge in [-0.1, -0.05) is 42.0 Å². The minimum Gasteiger partial charge on any atom is -0.341 e. The van der Waals surface area contributed by atoms with Crippen molar-refractivity contribution in [2.24, 2.45) is 0 Å². The number of benzene rings is 3. The molecular formula is C29H25N3O2S. The third kappa shape index (κ3) is 4.61. The minimum absolute atomic E-state index is 0.190. The van der Waals surface area contributed by atoms with Gasteiger partial charge in [0.15, 0.2) is 0 Å². The Kier molecular flexibility index (Phi) is 6.21. The molecule has 6 heteroatoms.